The lowest BCUT2D eigenvalue weighted by atomic mass is 10.1. The van der Waals surface area contributed by atoms with E-state index < -0.39 is 10.0 Å². The van der Waals surface area contributed by atoms with Crippen LogP contribution in [0, 0.1) is 0 Å². The average Bonchev–Trinajstić information content (AvgIpc) is 2.68. The minimum atomic E-state index is -3.75. The molecule has 1 heterocycles. The molecule has 0 fully saturated rings. The Morgan fingerprint density at radius 2 is 1.75 bits per heavy atom. The molecule has 0 aliphatic rings. The van der Waals surface area contributed by atoms with Crippen LogP contribution in [0.4, 0.5) is 17.5 Å². The van der Waals surface area contributed by atoms with Gasteiger partial charge in [0.15, 0.2) is 5.78 Å². The molecule has 144 valence electrons. The van der Waals surface area contributed by atoms with Crippen LogP contribution in [0.5, 0.6) is 0 Å². The van der Waals surface area contributed by atoms with E-state index in [-0.39, 0.29) is 23.2 Å². The molecule has 3 rings (SSSR count). The molecular formula is C18H16BrN5O3S. The molecule has 10 heteroatoms. The van der Waals surface area contributed by atoms with E-state index in [9.17, 15) is 13.2 Å². The SMILES string of the molecule is NS(=O)(=O)c1ccc(Nc2ncc(Br)c(NCC(=O)c3ccccc3)n2)cc1. The number of nitrogens with one attached hydrogen (secondary N) is 2. The molecule has 0 amide bonds. The van der Waals surface area contributed by atoms with Gasteiger partial charge in [-0.2, -0.15) is 4.98 Å². The van der Waals surface area contributed by atoms with Crippen molar-refractivity contribution in [3.05, 3.63) is 70.8 Å². The Kier molecular flexibility index (Phi) is 6.02. The summed E-state index contributed by atoms with van der Waals surface area (Å²) in [5.41, 5.74) is 1.19. The molecule has 0 saturated heterocycles. The predicted molar refractivity (Wildman–Crippen MR) is 110 cm³/mol. The quantitative estimate of drug-likeness (QED) is 0.461. The number of halogens is 1. The summed E-state index contributed by atoms with van der Waals surface area (Å²) in [5, 5.41) is 11.0. The van der Waals surface area contributed by atoms with Crippen molar-refractivity contribution in [3.8, 4) is 0 Å². The first-order valence-corrected chi connectivity index (χ1v) is 10.4. The standard InChI is InChI=1S/C18H16BrN5O3S/c19-15-10-22-18(23-13-6-8-14(9-7-13)28(20,26)27)24-17(15)21-11-16(25)12-4-2-1-3-5-12/h1-10H,11H2,(H2,20,26,27)(H2,21,22,23,24). The van der Waals surface area contributed by atoms with Crippen molar-refractivity contribution in [2.24, 2.45) is 5.14 Å². The number of hydrogen-bond acceptors (Lipinski definition) is 7. The summed E-state index contributed by atoms with van der Waals surface area (Å²) in [6.07, 6.45) is 1.55. The van der Waals surface area contributed by atoms with E-state index in [2.05, 4.69) is 36.5 Å². The molecule has 4 N–H and O–H groups in total. The fraction of sp³-hybridized carbons (Fsp3) is 0.0556. The van der Waals surface area contributed by atoms with Gasteiger partial charge in [-0.3, -0.25) is 4.79 Å². The molecule has 0 spiro atoms. The number of nitrogens with zero attached hydrogens (tertiary/aromatic N) is 2. The summed E-state index contributed by atoms with van der Waals surface area (Å²) in [5.74, 6) is 0.656. The van der Waals surface area contributed by atoms with Gasteiger partial charge in [-0.15, -0.1) is 0 Å². The highest BCUT2D eigenvalue weighted by Crippen LogP contribution is 2.22. The topological polar surface area (TPSA) is 127 Å². The van der Waals surface area contributed by atoms with Crippen LogP contribution in [-0.4, -0.2) is 30.7 Å². The maximum absolute atomic E-state index is 12.2. The lowest BCUT2D eigenvalue weighted by molar-refractivity contribution is 0.101. The van der Waals surface area contributed by atoms with Gasteiger partial charge < -0.3 is 10.6 Å². The Hall–Kier alpha value is -2.82. The van der Waals surface area contributed by atoms with Crippen LogP contribution in [0.3, 0.4) is 0 Å². The van der Waals surface area contributed by atoms with Gasteiger partial charge in [0.05, 0.1) is 15.9 Å². The van der Waals surface area contributed by atoms with Gasteiger partial charge in [0.25, 0.3) is 0 Å². The Morgan fingerprint density at radius 1 is 1.07 bits per heavy atom. The molecule has 1 aromatic heterocycles. The summed E-state index contributed by atoms with van der Waals surface area (Å²) < 4.78 is 23.2. The minimum absolute atomic E-state index is 0.0107. The molecular weight excluding hydrogens is 446 g/mol. The van der Waals surface area contributed by atoms with Crippen molar-refractivity contribution < 1.29 is 13.2 Å². The second-order valence-electron chi connectivity index (χ2n) is 5.73. The van der Waals surface area contributed by atoms with Crippen LogP contribution in [-0.2, 0) is 10.0 Å². The van der Waals surface area contributed by atoms with Gasteiger partial charge in [0.2, 0.25) is 16.0 Å². The Bertz CT molecular complexity index is 1090. The predicted octanol–water partition coefficient (Wildman–Crippen LogP) is 2.92. The van der Waals surface area contributed by atoms with E-state index in [1.165, 1.54) is 12.1 Å². The molecule has 2 aromatic carbocycles. The number of sulfonamides is 1. The first kappa shape index (κ1) is 19.9. The van der Waals surface area contributed by atoms with E-state index in [4.69, 9.17) is 5.14 Å². The van der Waals surface area contributed by atoms with Crippen molar-refractivity contribution in [2.75, 3.05) is 17.2 Å². The van der Waals surface area contributed by atoms with Gasteiger partial charge in [0, 0.05) is 17.4 Å². The van der Waals surface area contributed by atoms with Crippen LogP contribution in [0.2, 0.25) is 0 Å². The second-order valence-corrected chi connectivity index (χ2v) is 8.14. The second kappa shape index (κ2) is 8.46. The Labute approximate surface area is 170 Å². The lowest BCUT2D eigenvalue weighted by Crippen LogP contribution is -2.15. The first-order valence-electron chi connectivity index (χ1n) is 8.07. The molecule has 3 aromatic rings. The van der Waals surface area contributed by atoms with E-state index in [0.717, 1.165) is 0 Å². The molecule has 0 atom stereocenters. The molecule has 0 radical (unpaired) electrons. The lowest BCUT2D eigenvalue weighted by Gasteiger charge is -2.10. The van der Waals surface area contributed by atoms with Gasteiger partial charge in [0.1, 0.15) is 5.82 Å². The molecule has 0 aliphatic heterocycles. The van der Waals surface area contributed by atoms with Gasteiger partial charge in [-0.1, -0.05) is 30.3 Å². The maximum atomic E-state index is 12.2. The highest BCUT2D eigenvalue weighted by molar-refractivity contribution is 9.10. The van der Waals surface area contributed by atoms with Crippen molar-refractivity contribution in [2.45, 2.75) is 4.90 Å². The van der Waals surface area contributed by atoms with Crippen LogP contribution in [0.1, 0.15) is 10.4 Å². The van der Waals surface area contributed by atoms with Crippen molar-refractivity contribution >= 4 is 49.2 Å². The largest absolute Gasteiger partial charge is 0.362 e. The van der Waals surface area contributed by atoms with Gasteiger partial charge in [-0.25, -0.2) is 18.5 Å². The summed E-state index contributed by atoms with van der Waals surface area (Å²) >= 11 is 3.35. The number of hydrogen-bond donors (Lipinski definition) is 3. The zero-order chi connectivity index (χ0) is 20.1. The highest BCUT2D eigenvalue weighted by Gasteiger charge is 2.10. The summed E-state index contributed by atoms with van der Waals surface area (Å²) in [6, 6.07) is 14.8. The molecule has 0 saturated carbocycles. The number of Topliss-reactive ketones (excluding diaryl/α,β-unsaturated/α-hetero) is 1. The van der Waals surface area contributed by atoms with Crippen molar-refractivity contribution in [1.29, 1.82) is 0 Å². The van der Waals surface area contributed by atoms with Crippen LogP contribution < -0.4 is 15.8 Å². The van der Waals surface area contributed by atoms with Crippen molar-refractivity contribution in [3.63, 3.8) is 0 Å². The molecule has 0 aliphatic carbocycles. The summed E-state index contributed by atoms with van der Waals surface area (Å²) in [4.78, 5) is 20.7. The third-order valence-electron chi connectivity index (χ3n) is 3.70. The Balaban J connectivity index is 1.70. The van der Waals surface area contributed by atoms with E-state index in [0.29, 0.717) is 21.5 Å². The number of benzene rings is 2. The third-order valence-corrected chi connectivity index (χ3v) is 5.20. The molecule has 0 unspecified atom stereocenters. The summed E-state index contributed by atoms with van der Waals surface area (Å²) in [7, 11) is -3.75. The Morgan fingerprint density at radius 3 is 2.39 bits per heavy atom. The van der Waals surface area contributed by atoms with Gasteiger partial charge >= 0.3 is 0 Å². The number of rotatable bonds is 7. The number of anilines is 3. The van der Waals surface area contributed by atoms with Gasteiger partial charge in [-0.05, 0) is 40.2 Å². The fourth-order valence-corrected chi connectivity index (χ4v) is 3.15. The number of nitrogens with two attached hydrogens (primary N) is 1. The number of ketones is 1. The molecule has 28 heavy (non-hydrogen) atoms. The number of aromatic nitrogens is 2. The molecule has 0 bridgehead atoms. The smallest absolute Gasteiger partial charge is 0.238 e. The van der Waals surface area contributed by atoms with Crippen LogP contribution in [0.25, 0.3) is 0 Å². The van der Waals surface area contributed by atoms with E-state index in [1.807, 2.05) is 6.07 Å². The highest BCUT2D eigenvalue weighted by atomic mass is 79.9. The van der Waals surface area contributed by atoms with E-state index in [1.54, 1.807) is 42.6 Å². The fourth-order valence-electron chi connectivity index (χ4n) is 2.30. The first-order chi connectivity index (χ1) is 13.3. The van der Waals surface area contributed by atoms with Crippen LogP contribution >= 0.6 is 15.9 Å². The minimum Gasteiger partial charge on any atom is -0.362 e. The third kappa shape index (κ3) is 5.12. The summed E-state index contributed by atoms with van der Waals surface area (Å²) in [6.45, 7) is 0.0716. The number of carbonyl (C=O) groups is 1. The average molecular weight is 462 g/mol. The monoisotopic (exact) mass is 461 g/mol. The maximum Gasteiger partial charge on any atom is 0.238 e. The number of primary sulfonamides is 1. The zero-order valence-electron chi connectivity index (χ0n) is 14.5. The zero-order valence-corrected chi connectivity index (χ0v) is 16.9. The molecule has 8 nitrogen and oxygen atoms in total. The normalized spacial score (nSPS) is 11.1. The number of carbonyl (C=O) groups excluding carboxylic acids is 1. The van der Waals surface area contributed by atoms with E-state index >= 15 is 0 Å². The van der Waals surface area contributed by atoms with Crippen LogP contribution in [0.15, 0.2) is 70.2 Å². The van der Waals surface area contributed by atoms with Crippen molar-refractivity contribution in [1.82, 2.24) is 9.97 Å².